The molecular formula is C26H36N4O4. The molecule has 1 saturated carbocycles. The van der Waals surface area contributed by atoms with Gasteiger partial charge in [0.15, 0.2) is 0 Å². The van der Waals surface area contributed by atoms with Crippen molar-refractivity contribution in [2.75, 3.05) is 19.1 Å². The van der Waals surface area contributed by atoms with Gasteiger partial charge in [-0.05, 0) is 38.0 Å². The van der Waals surface area contributed by atoms with Crippen LogP contribution in [0, 0.1) is 0 Å². The summed E-state index contributed by atoms with van der Waals surface area (Å²) >= 11 is 0. The molecule has 1 atom stereocenters. The zero-order chi connectivity index (χ0) is 24.7. The van der Waals surface area contributed by atoms with Crippen LogP contribution in [0.15, 0.2) is 24.3 Å². The maximum atomic E-state index is 14.0. The average molecular weight is 469 g/mol. The molecule has 1 fully saturated rings. The molecule has 1 aliphatic heterocycles. The lowest BCUT2D eigenvalue weighted by molar-refractivity contribution is -0.127. The average Bonchev–Trinajstić information content (AvgIpc) is 3.24. The van der Waals surface area contributed by atoms with E-state index in [9.17, 15) is 9.59 Å². The lowest BCUT2D eigenvalue weighted by Gasteiger charge is -2.44. The molecule has 2 amide bonds. The fourth-order valence-electron chi connectivity index (χ4n) is 4.88. The molecule has 0 bridgehead atoms. The lowest BCUT2D eigenvalue weighted by atomic mass is 9.90. The SMILES string of the molecule is COc1ccc(OC)c(N2C(=O)c3cc(C(C)(C)C)nn3CC2(C)C(=O)NC2CCCCC2)c1. The third-order valence-electron chi connectivity index (χ3n) is 6.98. The number of rotatable bonds is 5. The van der Waals surface area contributed by atoms with Gasteiger partial charge in [0, 0.05) is 17.5 Å². The smallest absolute Gasteiger partial charge is 0.277 e. The minimum Gasteiger partial charge on any atom is -0.497 e. The number of carbonyl (C=O) groups is 2. The normalized spacial score (nSPS) is 21.2. The van der Waals surface area contributed by atoms with Crippen molar-refractivity contribution in [3.05, 3.63) is 35.7 Å². The predicted octanol–water partition coefficient (Wildman–Crippen LogP) is 4.07. The van der Waals surface area contributed by atoms with Crippen molar-refractivity contribution in [3.8, 4) is 11.5 Å². The molecule has 1 N–H and O–H groups in total. The topological polar surface area (TPSA) is 85.7 Å². The van der Waals surface area contributed by atoms with Gasteiger partial charge >= 0.3 is 0 Å². The van der Waals surface area contributed by atoms with Crippen molar-refractivity contribution < 1.29 is 19.1 Å². The standard InChI is InChI=1S/C26H36N4O4/c1-25(2,3)22-15-20-23(31)30(19-14-18(33-5)12-13-21(19)34-6)26(4,16-29(20)28-22)24(32)27-17-10-8-7-9-11-17/h12-15,17H,7-11,16H2,1-6H3,(H,27,32). The van der Waals surface area contributed by atoms with E-state index >= 15 is 0 Å². The van der Waals surface area contributed by atoms with Gasteiger partial charge < -0.3 is 14.8 Å². The first-order valence-electron chi connectivity index (χ1n) is 12.0. The Balaban J connectivity index is 1.83. The molecular weight excluding hydrogens is 432 g/mol. The van der Waals surface area contributed by atoms with Gasteiger partial charge in [0.1, 0.15) is 22.7 Å². The molecule has 8 nitrogen and oxygen atoms in total. The molecule has 1 aromatic heterocycles. The second-order valence-corrected chi connectivity index (χ2v) is 10.6. The summed E-state index contributed by atoms with van der Waals surface area (Å²) in [6.45, 7) is 8.23. The number of aromatic nitrogens is 2. The maximum absolute atomic E-state index is 14.0. The fourth-order valence-corrected chi connectivity index (χ4v) is 4.88. The molecule has 2 aromatic rings. The van der Waals surface area contributed by atoms with Crippen molar-refractivity contribution in [3.63, 3.8) is 0 Å². The van der Waals surface area contributed by atoms with Crippen LogP contribution in [0.25, 0.3) is 0 Å². The summed E-state index contributed by atoms with van der Waals surface area (Å²) < 4.78 is 12.7. The van der Waals surface area contributed by atoms with E-state index in [1.165, 1.54) is 6.42 Å². The molecule has 2 heterocycles. The molecule has 34 heavy (non-hydrogen) atoms. The minimum atomic E-state index is -1.21. The Morgan fingerprint density at radius 3 is 2.44 bits per heavy atom. The van der Waals surface area contributed by atoms with Gasteiger partial charge in [-0.3, -0.25) is 19.2 Å². The number of fused-ring (bicyclic) bond motifs is 1. The number of amides is 2. The van der Waals surface area contributed by atoms with Crippen LogP contribution in [-0.4, -0.2) is 47.4 Å². The summed E-state index contributed by atoms with van der Waals surface area (Å²) in [5, 5.41) is 7.97. The largest absolute Gasteiger partial charge is 0.497 e. The molecule has 4 rings (SSSR count). The Labute approximate surface area is 201 Å². The van der Waals surface area contributed by atoms with E-state index in [4.69, 9.17) is 14.6 Å². The molecule has 8 heteroatoms. The Bertz CT molecular complexity index is 1080. The zero-order valence-corrected chi connectivity index (χ0v) is 21.1. The van der Waals surface area contributed by atoms with E-state index < -0.39 is 5.54 Å². The van der Waals surface area contributed by atoms with E-state index in [-0.39, 0.29) is 29.8 Å². The van der Waals surface area contributed by atoms with Crippen molar-refractivity contribution >= 4 is 17.5 Å². The van der Waals surface area contributed by atoms with Crippen molar-refractivity contribution in [2.45, 2.75) is 83.3 Å². The van der Waals surface area contributed by atoms with Gasteiger partial charge in [-0.25, -0.2) is 0 Å². The van der Waals surface area contributed by atoms with Gasteiger partial charge in [-0.15, -0.1) is 0 Å². The highest BCUT2D eigenvalue weighted by Crippen LogP contribution is 2.41. The third-order valence-corrected chi connectivity index (χ3v) is 6.98. The molecule has 184 valence electrons. The zero-order valence-electron chi connectivity index (χ0n) is 21.1. The third kappa shape index (κ3) is 4.26. The highest BCUT2D eigenvalue weighted by Gasteiger charge is 2.50. The Morgan fingerprint density at radius 2 is 1.82 bits per heavy atom. The van der Waals surface area contributed by atoms with Crippen LogP contribution >= 0.6 is 0 Å². The molecule has 1 aliphatic carbocycles. The number of benzene rings is 1. The molecule has 0 spiro atoms. The van der Waals surface area contributed by atoms with E-state index in [1.807, 2.05) is 13.0 Å². The van der Waals surface area contributed by atoms with Gasteiger partial charge in [0.05, 0.1) is 32.1 Å². The first kappa shape index (κ1) is 24.1. The second-order valence-electron chi connectivity index (χ2n) is 10.6. The van der Waals surface area contributed by atoms with Gasteiger partial charge in [0.25, 0.3) is 5.91 Å². The number of hydrogen-bond acceptors (Lipinski definition) is 5. The van der Waals surface area contributed by atoms with Crippen LogP contribution in [0.3, 0.4) is 0 Å². The molecule has 1 aromatic carbocycles. The first-order chi connectivity index (χ1) is 16.1. The number of anilines is 1. The summed E-state index contributed by atoms with van der Waals surface area (Å²) in [5.74, 6) is 0.598. The first-order valence-corrected chi connectivity index (χ1v) is 12.0. The minimum absolute atomic E-state index is 0.117. The van der Waals surface area contributed by atoms with Crippen LogP contribution in [0.5, 0.6) is 11.5 Å². The maximum Gasteiger partial charge on any atom is 0.277 e. The van der Waals surface area contributed by atoms with Crippen molar-refractivity contribution in [1.82, 2.24) is 15.1 Å². The molecule has 2 aliphatic rings. The lowest BCUT2D eigenvalue weighted by Crippen LogP contribution is -2.65. The van der Waals surface area contributed by atoms with E-state index in [2.05, 4.69) is 26.1 Å². The fraction of sp³-hybridized carbons (Fsp3) is 0.577. The summed E-state index contributed by atoms with van der Waals surface area (Å²) in [7, 11) is 3.13. The number of methoxy groups -OCH3 is 2. The van der Waals surface area contributed by atoms with Crippen molar-refractivity contribution in [2.24, 2.45) is 0 Å². The van der Waals surface area contributed by atoms with Crippen LogP contribution < -0.4 is 19.7 Å². The van der Waals surface area contributed by atoms with Gasteiger partial charge in [-0.1, -0.05) is 40.0 Å². The number of ether oxygens (including phenoxy) is 2. The van der Waals surface area contributed by atoms with E-state index in [1.54, 1.807) is 42.0 Å². The van der Waals surface area contributed by atoms with Gasteiger partial charge in [-0.2, -0.15) is 5.10 Å². The molecule has 0 radical (unpaired) electrons. The van der Waals surface area contributed by atoms with Crippen LogP contribution in [0.4, 0.5) is 5.69 Å². The highest BCUT2D eigenvalue weighted by atomic mass is 16.5. The van der Waals surface area contributed by atoms with Crippen LogP contribution in [-0.2, 0) is 16.8 Å². The number of nitrogens with one attached hydrogen (secondary N) is 1. The highest BCUT2D eigenvalue weighted by molar-refractivity contribution is 6.12. The number of hydrogen-bond donors (Lipinski definition) is 1. The Morgan fingerprint density at radius 1 is 1.12 bits per heavy atom. The van der Waals surface area contributed by atoms with Gasteiger partial charge in [0.2, 0.25) is 5.91 Å². The van der Waals surface area contributed by atoms with E-state index in [0.717, 1.165) is 31.4 Å². The quantitative estimate of drug-likeness (QED) is 0.715. The second kappa shape index (κ2) is 8.96. The summed E-state index contributed by atoms with van der Waals surface area (Å²) in [6.07, 6.45) is 5.32. The number of nitrogens with zero attached hydrogens (tertiary/aromatic N) is 3. The monoisotopic (exact) mass is 468 g/mol. The summed E-state index contributed by atoms with van der Waals surface area (Å²) in [6, 6.07) is 7.23. The van der Waals surface area contributed by atoms with Crippen LogP contribution in [0.2, 0.25) is 0 Å². The number of carbonyl (C=O) groups excluding carboxylic acids is 2. The Kier molecular flexibility index (Phi) is 6.36. The molecule has 0 saturated heterocycles. The molecule has 1 unspecified atom stereocenters. The Hall–Kier alpha value is -3.03. The predicted molar refractivity (Wildman–Crippen MR) is 131 cm³/mol. The van der Waals surface area contributed by atoms with E-state index in [0.29, 0.717) is 22.9 Å². The van der Waals surface area contributed by atoms with Crippen molar-refractivity contribution in [1.29, 1.82) is 0 Å². The summed E-state index contributed by atoms with van der Waals surface area (Å²) in [5.41, 5.74) is 0.327. The van der Waals surface area contributed by atoms with Crippen LogP contribution in [0.1, 0.15) is 76.0 Å². The summed E-state index contributed by atoms with van der Waals surface area (Å²) in [4.78, 5) is 29.5.